The Hall–Kier alpha value is -0.570. The monoisotopic (exact) mass is 145 g/mol. The van der Waals surface area contributed by atoms with Crippen molar-refractivity contribution < 1.29 is 9.53 Å². The fourth-order valence-electron chi connectivity index (χ4n) is 0.550. The summed E-state index contributed by atoms with van der Waals surface area (Å²) in [6.45, 7) is 4.15. The first kappa shape index (κ1) is 9.43. The van der Waals surface area contributed by atoms with E-state index in [0.29, 0.717) is 0 Å². The van der Waals surface area contributed by atoms with Gasteiger partial charge in [0, 0.05) is 13.2 Å². The average Bonchev–Trinajstić information content (AvgIpc) is 1.88. The highest BCUT2D eigenvalue weighted by Crippen LogP contribution is 1.86. The van der Waals surface area contributed by atoms with Crippen LogP contribution in [0, 0.1) is 0 Å². The van der Waals surface area contributed by atoms with E-state index in [1.165, 1.54) is 7.11 Å². The number of ether oxygens (including phenoxy) is 1. The maximum Gasteiger partial charge on any atom is 0.246 e. The smallest absolute Gasteiger partial charge is 0.246 e. The van der Waals surface area contributed by atoms with Gasteiger partial charge in [-0.25, -0.2) is 0 Å². The van der Waals surface area contributed by atoms with Gasteiger partial charge in [-0.2, -0.15) is 0 Å². The fraction of sp³-hybridized carbons (Fsp3) is 0.857. The molecular formula is C7H15NO2. The first-order valence-corrected chi connectivity index (χ1v) is 3.49. The van der Waals surface area contributed by atoms with E-state index >= 15 is 0 Å². The molecule has 0 aromatic rings. The fourth-order valence-corrected chi connectivity index (χ4v) is 0.550. The van der Waals surface area contributed by atoms with Gasteiger partial charge in [0.05, 0.1) is 0 Å². The molecule has 1 atom stereocenters. The summed E-state index contributed by atoms with van der Waals surface area (Å²) in [7, 11) is 1.51. The molecule has 0 aliphatic heterocycles. The summed E-state index contributed by atoms with van der Waals surface area (Å²) in [5.74, 6) is -0.0446. The second kappa shape index (κ2) is 5.23. The molecule has 10 heavy (non-hydrogen) atoms. The lowest BCUT2D eigenvalue weighted by atomic mass is 10.2. The van der Waals surface area contributed by atoms with Crippen molar-refractivity contribution in [3.63, 3.8) is 0 Å². The number of methoxy groups -OCH3 is 1. The Morgan fingerprint density at radius 1 is 1.70 bits per heavy atom. The van der Waals surface area contributed by atoms with E-state index in [-0.39, 0.29) is 18.6 Å². The number of hydrogen-bond acceptors (Lipinski definition) is 2. The Kier molecular flexibility index (Phi) is 4.94. The summed E-state index contributed by atoms with van der Waals surface area (Å²) < 4.78 is 4.64. The van der Waals surface area contributed by atoms with Gasteiger partial charge in [0.2, 0.25) is 5.91 Å². The number of hydrogen-bond donors (Lipinski definition) is 1. The van der Waals surface area contributed by atoms with Gasteiger partial charge in [0.1, 0.15) is 6.61 Å². The van der Waals surface area contributed by atoms with Gasteiger partial charge < -0.3 is 10.1 Å². The summed E-state index contributed by atoms with van der Waals surface area (Å²) in [6.07, 6.45) is 0.954. The second-order valence-electron chi connectivity index (χ2n) is 2.31. The van der Waals surface area contributed by atoms with Crippen LogP contribution in [-0.4, -0.2) is 25.7 Å². The van der Waals surface area contributed by atoms with E-state index in [9.17, 15) is 4.79 Å². The van der Waals surface area contributed by atoms with E-state index in [2.05, 4.69) is 10.1 Å². The van der Waals surface area contributed by atoms with Gasteiger partial charge in [0.15, 0.2) is 0 Å². The highest BCUT2D eigenvalue weighted by molar-refractivity contribution is 5.77. The minimum absolute atomic E-state index is 0.0446. The van der Waals surface area contributed by atoms with Crippen LogP contribution in [0.15, 0.2) is 0 Å². The third-order valence-electron chi connectivity index (χ3n) is 1.30. The number of amides is 1. The largest absolute Gasteiger partial charge is 0.375 e. The Morgan fingerprint density at radius 3 is 2.70 bits per heavy atom. The number of nitrogens with one attached hydrogen (secondary N) is 1. The van der Waals surface area contributed by atoms with Gasteiger partial charge in [-0.05, 0) is 13.3 Å². The van der Waals surface area contributed by atoms with Crippen LogP contribution in [-0.2, 0) is 9.53 Å². The molecule has 0 aromatic heterocycles. The van der Waals surface area contributed by atoms with E-state index in [1.54, 1.807) is 0 Å². The van der Waals surface area contributed by atoms with Crippen molar-refractivity contribution in [2.45, 2.75) is 26.3 Å². The van der Waals surface area contributed by atoms with E-state index in [0.717, 1.165) is 6.42 Å². The molecule has 0 fully saturated rings. The topological polar surface area (TPSA) is 38.3 Å². The summed E-state index contributed by atoms with van der Waals surface area (Å²) >= 11 is 0. The molecule has 0 rings (SSSR count). The zero-order valence-corrected chi connectivity index (χ0v) is 6.81. The minimum Gasteiger partial charge on any atom is -0.375 e. The molecule has 3 nitrogen and oxygen atoms in total. The molecule has 0 spiro atoms. The third-order valence-corrected chi connectivity index (χ3v) is 1.30. The predicted molar refractivity (Wildman–Crippen MR) is 39.8 cm³/mol. The Balaban J connectivity index is 3.37. The molecular weight excluding hydrogens is 130 g/mol. The second-order valence-corrected chi connectivity index (χ2v) is 2.31. The number of rotatable bonds is 4. The van der Waals surface area contributed by atoms with Crippen LogP contribution in [0.2, 0.25) is 0 Å². The van der Waals surface area contributed by atoms with Crippen LogP contribution < -0.4 is 5.32 Å². The zero-order valence-electron chi connectivity index (χ0n) is 6.81. The summed E-state index contributed by atoms with van der Waals surface area (Å²) in [5.41, 5.74) is 0. The van der Waals surface area contributed by atoms with E-state index < -0.39 is 0 Å². The van der Waals surface area contributed by atoms with Crippen LogP contribution >= 0.6 is 0 Å². The molecule has 0 unspecified atom stereocenters. The third kappa shape index (κ3) is 4.32. The van der Waals surface area contributed by atoms with Gasteiger partial charge in [-0.3, -0.25) is 4.79 Å². The Labute approximate surface area is 61.8 Å². The van der Waals surface area contributed by atoms with Gasteiger partial charge in [-0.15, -0.1) is 0 Å². The van der Waals surface area contributed by atoms with Crippen LogP contribution in [0.5, 0.6) is 0 Å². The average molecular weight is 145 g/mol. The van der Waals surface area contributed by atoms with Crippen LogP contribution in [0.25, 0.3) is 0 Å². The quantitative estimate of drug-likeness (QED) is 0.627. The molecule has 0 bridgehead atoms. The van der Waals surface area contributed by atoms with E-state index in [1.807, 2.05) is 13.8 Å². The van der Waals surface area contributed by atoms with Crippen molar-refractivity contribution in [1.82, 2.24) is 5.32 Å². The van der Waals surface area contributed by atoms with Crippen molar-refractivity contribution in [3.8, 4) is 0 Å². The molecule has 0 saturated heterocycles. The molecule has 3 heteroatoms. The maximum absolute atomic E-state index is 10.8. The van der Waals surface area contributed by atoms with Crippen molar-refractivity contribution >= 4 is 5.91 Å². The first-order valence-electron chi connectivity index (χ1n) is 3.49. The SMILES string of the molecule is CC[C@@H](C)NC(=O)COC. The molecule has 0 aliphatic carbocycles. The molecule has 60 valence electrons. The van der Waals surface area contributed by atoms with Gasteiger partial charge in [0.25, 0.3) is 0 Å². The Bertz CT molecular complexity index is 104. The maximum atomic E-state index is 10.8. The van der Waals surface area contributed by atoms with Crippen molar-refractivity contribution in [3.05, 3.63) is 0 Å². The summed E-state index contributed by atoms with van der Waals surface area (Å²) in [5, 5.41) is 2.77. The minimum atomic E-state index is -0.0446. The lowest BCUT2D eigenvalue weighted by Crippen LogP contribution is -2.34. The van der Waals surface area contributed by atoms with Gasteiger partial charge >= 0.3 is 0 Å². The molecule has 1 N–H and O–H groups in total. The number of carbonyl (C=O) groups excluding carboxylic acids is 1. The van der Waals surface area contributed by atoms with Crippen LogP contribution in [0.4, 0.5) is 0 Å². The normalized spacial score (nSPS) is 12.7. The van der Waals surface area contributed by atoms with E-state index in [4.69, 9.17) is 0 Å². The molecule has 0 aliphatic rings. The summed E-state index contributed by atoms with van der Waals surface area (Å²) in [6, 6.07) is 0.252. The lowest BCUT2D eigenvalue weighted by Gasteiger charge is -2.09. The molecule has 1 amide bonds. The highest BCUT2D eigenvalue weighted by Gasteiger charge is 2.02. The Morgan fingerprint density at radius 2 is 2.30 bits per heavy atom. The molecule has 0 radical (unpaired) electrons. The van der Waals surface area contributed by atoms with Crippen molar-refractivity contribution in [2.75, 3.05) is 13.7 Å². The van der Waals surface area contributed by atoms with Crippen molar-refractivity contribution in [1.29, 1.82) is 0 Å². The van der Waals surface area contributed by atoms with Crippen LogP contribution in [0.1, 0.15) is 20.3 Å². The first-order chi connectivity index (χ1) is 4.70. The van der Waals surface area contributed by atoms with Gasteiger partial charge in [-0.1, -0.05) is 6.92 Å². The van der Waals surface area contributed by atoms with Crippen molar-refractivity contribution in [2.24, 2.45) is 0 Å². The molecule has 0 saturated carbocycles. The molecule has 0 heterocycles. The predicted octanol–water partition coefficient (Wildman–Crippen LogP) is 0.547. The standard InChI is InChI=1S/C7H15NO2/c1-4-6(2)8-7(9)5-10-3/h6H,4-5H2,1-3H3,(H,8,9)/t6-/m1/s1. The highest BCUT2D eigenvalue weighted by atomic mass is 16.5. The summed E-state index contributed by atoms with van der Waals surface area (Å²) in [4.78, 5) is 10.8. The molecule has 0 aromatic carbocycles. The zero-order chi connectivity index (χ0) is 7.98. The lowest BCUT2D eigenvalue weighted by molar-refractivity contribution is -0.125. The number of carbonyl (C=O) groups is 1. The van der Waals surface area contributed by atoms with Crippen LogP contribution in [0.3, 0.4) is 0 Å².